The van der Waals surface area contributed by atoms with Crippen LogP contribution in [0.2, 0.25) is 5.02 Å². The fourth-order valence-corrected chi connectivity index (χ4v) is 2.69. The number of rotatable bonds is 4. The van der Waals surface area contributed by atoms with Crippen molar-refractivity contribution in [1.29, 1.82) is 0 Å². The van der Waals surface area contributed by atoms with Gasteiger partial charge in [0.25, 0.3) is 0 Å². The van der Waals surface area contributed by atoms with E-state index in [0.29, 0.717) is 11.1 Å². The van der Waals surface area contributed by atoms with Gasteiger partial charge in [-0.15, -0.1) is 0 Å². The summed E-state index contributed by atoms with van der Waals surface area (Å²) in [6.45, 7) is 6.28. The van der Waals surface area contributed by atoms with Crippen molar-refractivity contribution in [3.63, 3.8) is 0 Å². The molecule has 1 aromatic rings. The predicted octanol–water partition coefficient (Wildman–Crippen LogP) is 3.63. The Hall–Kier alpha value is -0.930. The second-order valence-corrected chi connectivity index (χ2v) is 5.96. The third-order valence-corrected chi connectivity index (χ3v) is 3.59. The molecule has 0 aromatic heterocycles. The topological polar surface area (TPSA) is 24.5 Å². The Bertz CT molecular complexity index is 423. The molecule has 0 bridgehead atoms. The molecule has 1 unspecified atom stereocenters. The van der Waals surface area contributed by atoms with E-state index in [1.54, 1.807) is 0 Å². The molecule has 19 heavy (non-hydrogen) atoms. The van der Waals surface area contributed by atoms with E-state index in [1.807, 2.05) is 32.0 Å². The average Bonchev–Trinajstić information content (AvgIpc) is 2.32. The van der Waals surface area contributed by atoms with Crippen LogP contribution in [-0.2, 0) is 0 Å². The summed E-state index contributed by atoms with van der Waals surface area (Å²) in [5, 5.41) is 4.22. The first-order valence-electron chi connectivity index (χ1n) is 6.96. The van der Waals surface area contributed by atoms with Crippen LogP contribution in [0.4, 0.5) is 5.69 Å². The zero-order chi connectivity index (χ0) is 13.8. The van der Waals surface area contributed by atoms with Gasteiger partial charge >= 0.3 is 0 Å². The molecule has 1 fully saturated rings. The molecular weight excluding hydrogens is 260 g/mol. The predicted molar refractivity (Wildman–Crippen MR) is 81.4 cm³/mol. The van der Waals surface area contributed by atoms with Gasteiger partial charge in [-0.1, -0.05) is 11.6 Å². The van der Waals surface area contributed by atoms with Gasteiger partial charge in [0, 0.05) is 18.3 Å². The smallest absolute Gasteiger partial charge is 0.138 e. The molecule has 1 aliphatic rings. The fourth-order valence-electron chi connectivity index (χ4n) is 2.46. The van der Waals surface area contributed by atoms with Crippen LogP contribution in [0.3, 0.4) is 0 Å². The molecule has 1 aromatic carbocycles. The second kappa shape index (κ2) is 6.49. The summed E-state index contributed by atoms with van der Waals surface area (Å²) < 4.78 is 5.64. The zero-order valence-electron chi connectivity index (χ0n) is 11.9. The highest BCUT2D eigenvalue weighted by atomic mass is 35.5. The molecule has 3 nitrogen and oxygen atoms in total. The number of nitrogens with one attached hydrogen (secondary N) is 1. The summed E-state index contributed by atoms with van der Waals surface area (Å²) in [6, 6.07) is 6.44. The SMILES string of the molecule is CC(C)Oc1ccc(NC2CCCN(C)C2)cc1Cl. The van der Waals surface area contributed by atoms with Gasteiger partial charge in [-0.05, 0) is 58.5 Å². The van der Waals surface area contributed by atoms with Crippen molar-refractivity contribution >= 4 is 17.3 Å². The van der Waals surface area contributed by atoms with Crippen LogP contribution in [0.25, 0.3) is 0 Å². The Morgan fingerprint density at radius 2 is 2.21 bits per heavy atom. The normalized spacial score (nSPS) is 20.6. The monoisotopic (exact) mass is 282 g/mol. The summed E-state index contributed by atoms with van der Waals surface area (Å²) in [7, 11) is 2.17. The Morgan fingerprint density at radius 1 is 1.42 bits per heavy atom. The molecule has 1 saturated heterocycles. The molecule has 0 saturated carbocycles. The highest BCUT2D eigenvalue weighted by molar-refractivity contribution is 6.32. The molecule has 1 heterocycles. The van der Waals surface area contributed by atoms with Crippen molar-refractivity contribution in [2.75, 3.05) is 25.5 Å². The van der Waals surface area contributed by atoms with Crippen molar-refractivity contribution in [2.45, 2.75) is 38.8 Å². The number of anilines is 1. The van der Waals surface area contributed by atoms with Crippen LogP contribution in [-0.4, -0.2) is 37.2 Å². The average molecular weight is 283 g/mol. The lowest BCUT2D eigenvalue weighted by atomic mass is 10.1. The summed E-state index contributed by atoms with van der Waals surface area (Å²) >= 11 is 6.24. The number of hydrogen-bond acceptors (Lipinski definition) is 3. The van der Waals surface area contributed by atoms with Gasteiger partial charge in [0.05, 0.1) is 11.1 Å². The number of likely N-dealkylation sites (N-methyl/N-ethyl adjacent to an activating group) is 1. The molecule has 0 spiro atoms. The third kappa shape index (κ3) is 4.29. The standard InChI is InChI=1S/C15H23ClN2O/c1-11(2)19-15-7-6-12(9-14(15)16)17-13-5-4-8-18(3)10-13/h6-7,9,11,13,17H,4-5,8,10H2,1-3H3. The minimum atomic E-state index is 0.142. The first-order valence-corrected chi connectivity index (χ1v) is 7.33. The van der Waals surface area contributed by atoms with Crippen LogP contribution in [0.5, 0.6) is 5.75 Å². The lowest BCUT2D eigenvalue weighted by molar-refractivity contribution is 0.242. The van der Waals surface area contributed by atoms with E-state index in [4.69, 9.17) is 16.3 Å². The molecule has 1 N–H and O–H groups in total. The van der Waals surface area contributed by atoms with Gasteiger partial charge in [0.1, 0.15) is 5.75 Å². The third-order valence-electron chi connectivity index (χ3n) is 3.29. The molecule has 1 aliphatic heterocycles. The summed E-state index contributed by atoms with van der Waals surface area (Å²) in [5.74, 6) is 0.753. The van der Waals surface area contributed by atoms with Crippen molar-refractivity contribution < 1.29 is 4.74 Å². The van der Waals surface area contributed by atoms with E-state index < -0.39 is 0 Å². The van der Waals surface area contributed by atoms with Crippen LogP contribution < -0.4 is 10.1 Å². The summed E-state index contributed by atoms with van der Waals surface area (Å²) in [4.78, 5) is 2.36. The Balaban J connectivity index is 1.99. The lowest BCUT2D eigenvalue weighted by Crippen LogP contribution is -2.39. The maximum absolute atomic E-state index is 6.24. The van der Waals surface area contributed by atoms with Gasteiger partial charge in [-0.3, -0.25) is 0 Å². The minimum absolute atomic E-state index is 0.142. The van der Waals surface area contributed by atoms with Crippen LogP contribution in [0.1, 0.15) is 26.7 Å². The van der Waals surface area contributed by atoms with Gasteiger partial charge in [0.15, 0.2) is 0 Å². The van der Waals surface area contributed by atoms with E-state index >= 15 is 0 Å². The Morgan fingerprint density at radius 3 is 2.84 bits per heavy atom. The number of benzene rings is 1. The van der Waals surface area contributed by atoms with Gasteiger partial charge in [-0.25, -0.2) is 0 Å². The van der Waals surface area contributed by atoms with E-state index in [9.17, 15) is 0 Å². The number of hydrogen-bond donors (Lipinski definition) is 1. The van der Waals surface area contributed by atoms with Crippen LogP contribution in [0, 0.1) is 0 Å². The van der Waals surface area contributed by atoms with Crippen molar-refractivity contribution in [1.82, 2.24) is 4.90 Å². The van der Waals surface area contributed by atoms with Crippen molar-refractivity contribution in [2.24, 2.45) is 0 Å². The molecule has 0 radical (unpaired) electrons. The minimum Gasteiger partial charge on any atom is -0.489 e. The number of likely N-dealkylation sites (tertiary alicyclic amines) is 1. The number of piperidine rings is 1. The van der Waals surface area contributed by atoms with E-state index in [0.717, 1.165) is 18.0 Å². The second-order valence-electron chi connectivity index (χ2n) is 5.56. The van der Waals surface area contributed by atoms with E-state index in [2.05, 4.69) is 17.3 Å². The largest absolute Gasteiger partial charge is 0.489 e. The molecule has 1 atom stereocenters. The molecule has 0 aliphatic carbocycles. The van der Waals surface area contributed by atoms with E-state index in [-0.39, 0.29) is 6.10 Å². The first kappa shape index (κ1) is 14.5. The molecule has 4 heteroatoms. The Labute approximate surface area is 120 Å². The summed E-state index contributed by atoms with van der Waals surface area (Å²) in [6.07, 6.45) is 2.60. The molecule has 0 amide bonds. The first-order chi connectivity index (χ1) is 9.04. The van der Waals surface area contributed by atoms with Gasteiger partial charge in [0.2, 0.25) is 0 Å². The molecule has 2 rings (SSSR count). The zero-order valence-corrected chi connectivity index (χ0v) is 12.7. The fraction of sp³-hybridized carbons (Fsp3) is 0.600. The quantitative estimate of drug-likeness (QED) is 0.913. The molecular formula is C15H23ClN2O. The molecule has 106 valence electrons. The van der Waals surface area contributed by atoms with Crippen molar-refractivity contribution in [3.8, 4) is 5.75 Å². The number of ether oxygens (including phenoxy) is 1. The Kier molecular flexibility index (Phi) is 4.94. The number of halogens is 1. The highest BCUT2D eigenvalue weighted by Crippen LogP contribution is 2.29. The van der Waals surface area contributed by atoms with Crippen LogP contribution >= 0.6 is 11.6 Å². The highest BCUT2D eigenvalue weighted by Gasteiger charge is 2.17. The van der Waals surface area contributed by atoms with E-state index in [1.165, 1.54) is 19.4 Å². The van der Waals surface area contributed by atoms with Crippen molar-refractivity contribution in [3.05, 3.63) is 23.2 Å². The van der Waals surface area contributed by atoms with Crippen LogP contribution in [0.15, 0.2) is 18.2 Å². The lowest BCUT2D eigenvalue weighted by Gasteiger charge is -2.31. The van der Waals surface area contributed by atoms with Gasteiger partial charge in [-0.2, -0.15) is 0 Å². The maximum Gasteiger partial charge on any atom is 0.138 e. The van der Waals surface area contributed by atoms with Gasteiger partial charge < -0.3 is 15.0 Å². The number of nitrogens with zero attached hydrogens (tertiary/aromatic N) is 1. The maximum atomic E-state index is 6.24. The summed E-state index contributed by atoms with van der Waals surface area (Å²) in [5.41, 5.74) is 1.07.